The van der Waals surface area contributed by atoms with E-state index in [1.54, 1.807) is 16.0 Å². The van der Waals surface area contributed by atoms with E-state index in [1.165, 1.54) is 0 Å². The summed E-state index contributed by atoms with van der Waals surface area (Å²) < 4.78 is 1.85. The van der Waals surface area contributed by atoms with Crippen LogP contribution >= 0.6 is 0 Å². The number of rotatable bonds is 6. The van der Waals surface area contributed by atoms with Crippen molar-refractivity contribution in [2.75, 3.05) is 18.0 Å². The zero-order valence-corrected chi connectivity index (χ0v) is 14.8. The van der Waals surface area contributed by atoms with Crippen LogP contribution in [0.15, 0.2) is 36.7 Å². The summed E-state index contributed by atoms with van der Waals surface area (Å²) in [5.74, 6) is -0.0290. The van der Waals surface area contributed by atoms with E-state index in [0.717, 1.165) is 29.8 Å². The monoisotopic (exact) mass is 340 g/mol. The largest absolute Gasteiger partial charge is 0.337 e. The predicted octanol–water partition coefficient (Wildman–Crippen LogP) is 2.23. The summed E-state index contributed by atoms with van der Waals surface area (Å²) in [6.07, 6.45) is 4.95. The average molecular weight is 340 g/mol. The third-order valence-electron chi connectivity index (χ3n) is 4.60. The first kappa shape index (κ1) is 17.2. The average Bonchev–Trinajstić information content (AvgIpc) is 3.09. The van der Waals surface area contributed by atoms with Crippen molar-refractivity contribution in [3.05, 3.63) is 47.8 Å². The molecule has 0 fully saturated rings. The molecule has 6 heteroatoms. The Hall–Kier alpha value is -2.63. The molecule has 0 N–H and O–H groups in total. The standard InChI is InChI=1S/C19H24N4O2/c1-3-21(12-15-11-20-22(4-2)13-15)19(25)14-23-17-8-6-5-7-16(17)9-10-18(23)24/h5-8,11,13H,3-4,9-10,12,14H2,1-2H3. The van der Waals surface area contributed by atoms with Crippen molar-refractivity contribution in [1.82, 2.24) is 14.7 Å². The summed E-state index contributed by atoms with van der Waals surface area (Å²) in [5, 5.41) is 4.25. The van der Waals surface area contributed by atoms with Crippen LogP contribution in [0, 0.1) is 0 Å². The van der Waals surface area contributed by atoms with Gasteiger partial charge in [0.25, 0.3) is 0 Å². The van der Waals surface area contributed by atoms with E-state index >= 15 is 0 Å². The van der Waals surface area contributed by atoms with E-state index in [1.807, 2.05) is 49.0 Å². The summed E-state index contributed by atoms with van der Waals surface area (Å²) in [7, 11) is 0. The minimum absolute atomic E-state index is 0.0157. The molecule has 25 heavy (non-hydrogen) atoms. The van der Waals surface area contributed by atoms with Gasteiger partial charge in [0.05, 0.1) is 6.20 Å². The number of nitrogens with zero attached hydrogens (tertiary/aromatic N) is 4. The second kappa shape index (κ2) is 7.51. The fourth-order valence-electron chi connectivity index (χ4n) is 3.16. The van der Waals surface area contributed by atoms with Crippen LogP contribution in [0.1, 0.15) is 31.4 Å². The maximum atomic E-state index is 12.8. The van der Waals surface area contributed by atoms with E-state index in [2.05, 4.69) is 5.10 Å². The number of fused-ring (bicyclic) bond motifs is 1. The van der Waals surface area contributed by atoms with Crippen molar-refractivity contribution < 1.29 is 9.59 Å². The quantitative estimate of drug-likeness (QED) is 0.810. The minimum Gasteiger partial charge on any atom is -0.337 e. The lowest BCUT2D eigenvalue weighted by Gasteiger charge is -2.31. The third-order valence-corrected chi connectivity index (χ3v) is 4.60. The number of likely N-dealkylation sites (N-methyl/N-ethyl adjacent to an activating group) is 1. The molecule has 1 aromatic heterocycles. The zero-order chi connectivity index (χ0) is 17.8. The molecule has 132 valence electrons. The molecule has 0 bridgehead atoms. The van der Waals surface area contributed by atoms with Gasteiger partial charge in [-0.2, -0.15) is 5.10 Å². The van der Waals surface area contributed by atoms with Crippen LogP contribution in [0.3, 0.4) is 0 Å². The number of carbonyl (C=O) groups is 2. The smallest absolute Gasteiger partial charge is 0.242 e. The van der Waals surface area contributed by atoms with Gasteiger partial charge in [-0.15, -0.1) is 0 Å². The summed E-state index contributed by atoms with van der Waals surface area (Å²) >= 11 is 0. The summed E-state index contributed by atoms with van der Waals surface area (Å²) in [6, 6.07) is 7.82. The Morgan fingerprint density at radius 1 is 1.24 bits per heavy atom. The van der Waals surface area contributed by atoms with Crippen LogP contribution in [0.5, 0.6) is 0 Å². The van der Waals surface area contributed by atoms with E-state index in [9.17, 15) is 9.59 Å². The normalized spacial score (nSPS) is 13.7. The molecule has 0 spiro atoms. The van der Waals surface area contributed by atoms with Crippen LogP contribution in [0.25, 0.3) is 0 Å². The Balaban J connectivity index is 1.72. The van der Waals surface area contributed by atoms with Crippen molar-refractivity contribution in [2.45, 2.75) is 39.8 Å². The lowest BCUT2D eigenvalue weighted by Crippen LogP contribution is -2.44. The van der Waals surface area contributed by atoms with Crippen LogP contribution < -0.4 is 4.90 Å². The number of benzene rings is 1. The number of anilines is 1. The van der Waals surface area contributed by atoms with Gasteiger partial charge in [0.1, 0.15) is 6.54 Å². The predicted molar refractivity (Wildman–Crippen MR) is 96.1 cm³/mol. The Kier molecular flexibility index (Phi) is 5.16. The number of carbonyl (C=O) groups excluding carboxylic acids is 2. The van der Waals surface area contributed by atoms with Crippen molar-refractivity contribution >= 4 is 17.5 Å². The third kappa shape index (κ3) is 3.73. The van der Waals surface area contributed by atoms with E-state index < -0.39 is 0 Å². The maximum absolute atomic E-state index is 12.8. The second-order valence-electron chi connectivity index (χ2n) is 6.22. The Morgan fingerprint density at radius 3 is 2.76 bits per heavy atom. The molecule has 0 unspecified atom stereocenters. The number of hydrogen-bond acceptors (Lipinski definition) is 3. The number of aromatic nitrogens is 2. The van der Waals surface area contributed by atoms with Gasteiger partial charge in [-0.3, -0.25) is 14.3 Å². The van der Waals surface area contributed by atoms with Crippen LogP contribution in [0.2, 0.25) is 0 Å². The molecule has 2 amide bonds. The topological polar surface area (TPSA) is 58.4 Å². The first-order chi connectivity index (χ1) is 12.1. The van der Waals surface area contributed by atoms with Crippen LogP contribution in [-0.4, -0.2) is 39.6 Å². The number of amides is 2. The highest BCUT2D eigenvalue weighted by molar-refractivity contribution is 6.01. The molecule has 1 aliphatic heterocycles. The van der Waals surface area contributed by atoms with Crippen molar-refractivity contribution in [1.29, 1.82) is 0 Å². The van der Waals surface area contributed by atoms with E-state index in [4.69, 9.17) is 0 Å². The molecular weight excluding hydrogens is 316 g/mol. The van der Waals surface area contributed by atoms with Gasteiger partial charge in [0.2, 0.25) is 11.8 Å². The van der Waals surface area contributed by atoms with Gasteiger partial charge in [-0.25, -0.2) is 0 Å². The molecule has 2 heterocycles. The SMILES string of the molecule is CCN(Cc1cnn(CC)c1)C(=O)CN1C(=O)CCc2ccccc21. The van der Waals surface area contributed by atoms with Gasteiger partial charge < -0.3 is 9.80 Å². The molecule has 1 aliphatic rings. The number of hydrogen-bond donors (Lipinski definition) is 0. The summed E-state index contributed by atoms with van der Waals surface area (Å²) in [4.78, 5) is 28.5. The van der Waals surface area contributed by atoms with Crippen molar-refractivity contribution in [3.63, 3.8) is 0 Å². The lowest BCUT2D eigenvalue weighted by molar-refractivity contribution is -0.131. The number of para-hydroxylation sites is 1. The maximum Gasteiger partial charge on any atom is 0.242 e. The molecule has 0 saturated carbocycles. The lowest BCUT2D eigenvalue weighted by atomic mass is 10.0. The fourth-order valence-corrected chi connectivity index (χ4v) is 3.16. The first-order valence-corrected chi connectivity index (χ1v) is 8.79. The fraction of sp³-hybridized carbons (Fsp3) is 0.421. The second-order valence-corrected chi connectivity index (χ2v) is 6.22. The van der Waals surface area contributed by atoms with E-state index in [0.29, 0.717) is 19.5 Å². The molecule has 1 aromatic carbocycles. The molecule has 2 aromatic rings. The number of aryl methyl sites for hydroxylation is 2. The van der Waals surface area contributed by atoms with Gasteiger partial charge >= 0.3 is 0 Å². The summed E-state index contributed by atoms with van der Waals surface area (Å²) in [6.45, 7) is 5.98. The van der Waals surface area contributed by atoms with Crippen LogP contribution in [0.4, 0.5) is 5.69 Å². The Bertz CT molecular complexity index is 768. The van der Waals surface area contributed by atoms with Gasteiger partial charge in [-0.1, -0.05) is 18.2 Å². The van der Waals surface area contributed by atoms with Crippen LogP contribution in [-0.2, 0) is 29.1 Å². The highest BCUT2D eigenvalue weighted by Crippen LogP contribution is 2.27. The van der Waals surface area contributed by atoms with Gasteiger partial charge in [0.15, 0.2) is 0 Å². The first-order valence-electron chi connectivity index (χ1n) is 8.79. The molecule has 3 rings (SSSR count). The summed E-state index contributed by atoms with van der Waals surface area (Å²) in [5.41, 5.74) is 2.99. The highest BCUT2D eigenvalue weighted by Gasteiger charge is 2.27. The molecular formula is C19H24N4O2. The van der Waals surface area contributed by atoms with Gasteiger partial charge in [0, 0.05) is 43.5 Å². The van der Waals surface area contributed by atoms with Crippen molar-refractivity contribution in [3.8, 4) is 0 Å². The molecule has 0 radical (unpaired) electrons. The van der Waals surface area contributed by atoms with Gasteiger partial charge in [-0.05, 0) is 31.9 Å². The van der Waals surface area contributed by atoms with Crippen molar-refractivity contribution in [2.24, 2.45) is 0 Å². The molecule has 0 atom stereocenters. The Labute approximate surface area is 148 Å². The Morgan fingerprint density at radius 2 is 2.04 bits per heavy atom. The minimum atomic E-state index is -0.0446. The molecule has 6 nitrogen and oxygen atoms in total. The highest BCUT2D eigenvalue weighted by atomic mass is 16.2. The van der Waals surface area contributed by atoms with E-state index in [-0.39, 0.29) is 18.4 Å². The molecule has 0 saturated heterocycles. The zero-order valence-electron chi connectivity index (χ0n) is 14.8. The molecule has 0 aliphatic carbocycles.